The van der Waals surface area contributed by atoms with E-state index in [0.717, 1.165) is 21.9 Å². The number of halogens is 3. The summed E-state index contributed by atoms with van der Waals surface area (Å²) < 4.78 is 14.5. The van der Waals surface area contributed by atoms with Crippen LogP contribution in [0.5, 0.6) is 0 Å². The number of nitrogens with zero attached hydrogens (tertiary/aromatic N) is 1. The summed E-state index contributed by atoms with van der Waals surface area (Å²) in [5.41, 5.74) is 0.780. The first-order valence-electron chi connectivity index (χ1n) is 5.44. The predicted molar refractivity (Wildman–Crippen MR) is 71.3 cm³/mol. The maximum atomic E-state index is 13.6. The molecule has 0 saturated heterocycles. The molecule has 16 heavy (non-hydrogen) atoms. The third kappa shape index (κ3) is 3.28. The van der Waals surface area contributed by atoms with E-state index in [4.69, 9.17) is 0 Å². The fourth-order valence-corrected chi connectivity index (χ4v) is 2.69. The minimum Gasteiger partial charge on any atom is -0.295 e. The lowest BCUT2D eigenvalue weighted by Gasteiger charge is -2.21. The second-order valence-electron chi connectivity index (χ2n) is 4.13. The molecule has 0 unspecified atom stereocenters. The zero-order chi connectivity index (χ0) is 11.5. The smallest absolute Gasteiger partial charge is 0.127 e. The average molecular weight is 351 g/mol. The number of rotatable bonds is 5. The Bertz CT molecular complexity index is 366. The molecule has 88 valence electrons. The van der Waals surface area contributed by atoms with Crippen molar-refractivity contribution in [1.29, 1.82) is 0 Å². The van der Waals surface area contributed by atoms with Crippen LogP contribution in [0.25, 0.3) is 0 Å². The first kappa shape index (κ1) is 12.5. The van der Waals surface area contributed by atoms with Crippen molar-refractivity contribution in [2.24, 2.45) is 0 Å². The van der Waals surface area contributed by atoms with Gasteiger partial charge in [0.1, 0.15) is 5.82 Å². The van der Waals surface area contributed by atoms with E-state index in [1.165, 1.54) is 18.9 Å². The van der Waals surface area contributed by atoms with Crippen LogP contribution in [-0.2, 0) is 6.54 Å². The molecular weight excluding hydrogens is 337 g/mol. The molecule has 1 aromatic carbocycles. The summed E-state index contributed by atoms with van der Waals surface area (Å²) in [6.45, 7) is 1.69. The van der Waals surface area contributed by atoms with E-state index in [1.54, 1.807) is 6.07 Å². The van der Waals surface area contributed by atoms with Gasteiger partial charge in [-0.2, -0.15) is 0 Å². The van der Waals surface area contributed by atoms with Gasteiger partial charge in [-0.25, -0.2) is 4.39 Å². The van der Waals surface area contributed by atoms with Gasteiger partial charge in [0.05, 0.1) is 0 Å². The molecule has 1 aliphatic rings. The van der Waals surface area contributed by atoms with E-state index < -0.39 is 0 Å². The third-order valence-corrected chi connectivity index (χ3v) is 3.66. The first-order valence-corrected chi connectivity index (χ1v) is 7.36. The lowest BCUT2D eigenvalue weighted by molar-refractivity contribution is 0.268. The number of alkyl halides is 1. The maximum absolute atomic E-state index is 13.6. The molecule has 4 heteroatoms. The fraction of sp³-hybridized carbons (Fsp3) is 0.500. The van der Waals surface area contributed by atoms with E-state index >= 15 is 0 Å². The van der Waals surface area contributed by atoms with E-state index in [2.05, 4.69) is 36.8 Å². The molecule has 0 aliphatic heterocycles. The van der Waals surface area contributed by atoms with E-state index in [9.17, 15) is 4.39 Å². The number of benzene rings is 1. The summed E-state index contributed by atoms with van der Waals surface area (Å²) in [6, 6.07) is 5.80. The van der Waals surface area contributed by atoms with Gasteiger partial charge in [0, 0.05) is 34.5 Å². The van der Waals surface area contributed by atoms with Crippen molar-refractivity contribution in [3.63, 3.8) is 0 Å². The van der Waals surface area contributed by atoms with Crippen LogP contribution in [0, 0.1) is 5.82 Å². The largest absolute Gasteiger partial charge is 0.295 e. The van der Waals surface area contributed by atoms with Crippen LogP contribution in [0.15, 0.2) is 22.7 Å². The highest BCUT2D eigenvalue weighted by Crippen LogP contribution is 2.29. The standard InChI is InChI=1S/C12H14Br2FN/c13-5-6-16(11-2-3-11)8-9-7-10(14)1-4-12(9)15/h1,4,7,11H,2-3,5-6,8H2. The van der Waals surface area contributed by atoms with Crippen molar-refractivity contribution in [2.45, 2.75) is 25.4 Å². The minimum absolute atomic E-state index is 0.108. The van der Waals surface area contributed by atoms with Crippen molar-refractivity contribution in [3.05, 3.63) is 34.1 Å². The van der Waals surface area contributed by atoms with Gasteiger partial charge in [-0.3, -0.25) is 4.90 Å². The highest BCUT2D eigenvalue weighted by atomic mass is 79.9. The summed E-state index contributed by atoms with van der Waals surface area (Å²) in [6.07, 6.45) is 2.51. The molecule has 0 spiro atoms. The minimum atomic E-state index is -0.108. The molecule has 0 bridgehead atoms. The van der Waals surface area contributed by atoms with Gasteiger partial charge in [-0.05, 0) is 31.0 Å². The monoisotopic (exact) mass is 349 g/mol. The van der Waals surface area contributed by atoms with Crippen LogP contribution in [0.4, 0.5) is 4.39 Å². The zero-order valence-corrected chi connectivity index (χ0v) is 12.1. The molecule has 2 rings (SSSR count). The van der Waals surface area contributed by atoms with Crippen molar-refractivity contribution in [2.75, 3.05) is 11.9 Å². The van der Waals surface area contributed by atoms with Crippen LogP contribution >= 0.6 is 31.9 Å². The average Bonchev–Trinajstić information content (AvgIpc) is 3.06. The van der Waals surface area contributed by atoms with Crippen molar-refractivity contribution in [1.82, 2.24) is 4.90 Å². The maximum Gasteiger partial charge on any atom is 0.127 e. The Hall–Kier alpha value is 0.0700. The van der Waals surface area contributed by atoms with Crippen molar-refractivity contribution >= 4 is 31.9 Å². The topological polar surface area (TPSA) is 3.24 Å². The lowest BCUT2D eigenvalue weighted by atomic mass is 10.2. The lowest BCUT2D eigenvalue weighted by Crippen LogP contribution is -2.27. The Labute approximate surface area is 112 Å². The first-order chi connectivity index (χ1) is 7.70. The quantitative estimate of drug-likeness (QED) is 0.727. The second kappa shape index (κ2) is 5.61. The van der Waals surface area contributed by atoms with E-state index in [0.29, 0.717) is 12.6 Å². The van der Waals surface area contributed by atoms with Gasteiger partial charge in [-0.15, -0.1) is 0 Å². The van der Waals surface area contributed by atoms with Gasteiger partial charge >= 0.3 is 0 Å². The summed E-state index contributed by atoms with van der Waals surface area (Å²) in [5, 5.41) is 0.944. The van der Waals surface area contributed by atoms with Crippen LogP contribution in [0.3, 0.4) is 0 Å². The fourth-order valence-electron chi connectivity index (χ4n) is 1.82. The Morgan fingerprint density at radius 1 is 1.38 bits per heavy atom. The van der Waals surface area contributed by atoms with Crippen LogP contribution in [0.1, 0.15) is 18.4 Å². The predicted octanol–water partition coefficient (Wildman–Crippen LogP) is 3.95. The van der Waals surface area contributed by atoms with Crippen LogP contribution in [0.2, 0.25) is 0 Å². The van der Waals surface area contributed by atoms with Crippen LogP contribution < -0.4 is 0 Å². The summed E-state index contributed by atoms with van der Waals surface area (Å²) in [7, 11) is 0. The summed E-state index contributed by atoms with van der Waals surface area (Å²) in [5.74, 6) is -0.108. The molecular formula is C12H14Br2FN. The summed E-state index contributed by atoms with van der Waals surface area (Å²) in [4.78, 5) is 2.35. The van der Waals surface area contributed by atoms with Gasteiger partial charge in [0.25, 0.3) is 0 Å². The normalized spacial score (nSPS) is 15.8. The van der Waals surface area contributed by atoms with Gasteiger partial charge in [-0.1, -0.05) is 31.9 Å². The van der Waals surface area contributed by atoms with Crippen molar-refractivity contribution < 1.29 is 4.39 Å². The Morgan fingerprint density at radius 2 is 2.12 bits per heavy atom. The number of hydrogen-bond donors (Lipinski definition) is 0. The zero-order valence-electron chi connectivity index (χ0n) is 8.93. The van der Waals surface area contributed by atoms with Crippen LogP contribution in [-0.4, -0.2) is 22.8 Å². The molecule has 0 radical (unpaired) electrons. The molecule has 1 aliphatic carbocycles. The molecule has 1 saturated carbocycles. The molecule has 0 atom stereocenters. The Balaban J connectivity index is 2.08. The third-order valence-electron chi connectivity index (χ3n) is 2.82. The molecule has 0 aromatic heterocycles. The molecule has 0 N–H and O–H groups in total. The molecule has 1 fully saturated rings. The second-order valence-corrected chi connectivity index (χ2v) is 5.84. The Kier molecular flexibility index (Phi) is 4.39. The SMILES string of the molecule is Fc1ccc(Br)cc1CN(CCBr)C1CC1. The van der Waals surface area contributed by atoms with Gasteiger partial charge < -0.3 is 0 Å². The molecule has 1 nitrogen and oxygen atoms in total. The number of hydrogen-bond acceptors (Lipinski definition) is 1. The molecule has 1 aromatic rings. The Morgan fingerprint density at radius 3 is 2.75 bits per heavy atom. The highest BCUT2D eigenvalue weighted by molar-refractivity contribution is 9.10. The van der Waals surface area contributed by atoms with E-state index in [-0.39, 0.29) is 5.82 Å². The van der Waals surface area contributed by atoms with Gasteiger partial charge in [0.2, 0.25) is 0 Å². The summed E-state index contributed by atoms with van der Waals surface area (Å²) >= 11 is 6.83. The highest BCUT2D eigenvalue weighted by Gasteiger charge is 2.28. The molecule has 0 amide bonds. The van der Waals surface area contributed by atoms with E-state index in [1.807, 2.05) is 6.07 Å². The molecule has 0 heterocycles. The van der Waals surface area contributed by atoms with Gasteiger partial charge in [0.15, 0.2) is 0 Å². The van der Waals surface area contributed by atoms with Crippen molar-refractivity contribution in [3.8, 4) is 0 Å².